The van der Waals surface area contributed by atoms with Gasteiger partial charge in [0.1, 0.15) is 0 Å². The zero-order valence-electron chi connectivity index (χ0n) is 7.87. The minimum absolute atomic E-state index is 0.174. The number of halogens is 1. The molecule has 78 valence electrons. The van der Waals surface area contributed by atoms with Gasteiger partial charge in [0.15, 0.2) is 6.30 Å². The molecule has 1 unspecified atom stereocenters. The molecule has 0 aromatic rings. The van der Waals surface area contributed by atoms with Gasteiger partial charge in [0.25, 0.3) is 0 Å². The first-order valence-electron chi connectivity index (χ1n) is 4.47. The van der Waals surface area contributed by atoms with Gasteiger partial charge in [0.2, 0.25) is 0 Å². The van der Waals surface area contributed by atoms with Crippen molar-refractivity contribution in [1.82, 2.24) is 4.90 Å². The van der Waals surface area contributed by atoms with E-state index >= 15 is 0 Å². The lowest BCUT2D eigenvalue weighted by atomic mass is 10.3. The molecule has 5 heteroatoms. The van der Waals surface area contributed by atoms with Crippen LogP contribution in [-0.4, -0.2) is 35.5 Å². The van der Waals surface area contributed by atoms with Gasteiger partial charge in [-0.05, 0) is 19.4 Å². The van der Waals surface area contributed by atoms with E-state index in [2.05, 4.69) is 0 Å². The smallest absolute Gasteiger partial charge is 0.409 e. The van der Waals surface area contributed by atoms with E-state index in [1.54, 1.807) is 0 Å². The molecular weight excluding hydrogens is 175 g/mol. The number of nitrogens with zero attached hydrogens (tertiary/aromatic N) is 1. The number of hydrogen-bond donors (Lipinski definition) is 2. The maximum atomic E-state index is 13.1. The van der Waals surface area contributed by atoms with Crippen molar-refractivity contribution >= 4 is 6.09 Å². The molecule has 0 aliphatic heterocycles. The SMILES string of the molecule is CCCC(F)N(CCCN)C(=O)O. The first kappa shape index (κ1) is 12.2. The largest absolute Gasteiger partial charge is 0.465 e. The van der Waals surface area contributed by atoms with E-state index in [-0.39, 0.29) is 13.0 Å². The van der Waals surface area contributed by atoms with Crippen LogP contribution in [0.3, 0.4) is 0 Å². The average Bonchev–Trinajstić information content (AvgIpc) is 2.05. The van der Waals surface area contributed by atoms with Crippen LogP contribution in [0.15, 0.2) is 0 Å². The number of nitrogens with two attached hydrogens (primary N) is 1. The summed E-state index contributed by atoms with van der Waals surface area (Å²) >= 11 is 0. The monoisotopic (exact) mass is 192 g/mol. The molecule has 0 heterocycles. The fraction of sp³-hybridized carbons (Fsp3) is 0.875. The van der Waals surface area contributed by atoms with E-state index in [0.717, 1.165) is 4.90 Å². The highest BCUT2D eigenvalue weighted by Gasteiger charge is 2.20. The maximum absolute atomic E-state index is 13.1. The second kappa shape index (κ2) is 6.65. The first-order chi connectivity index (χ1) is 6.13. The summed E-state index contributed by atoms with van der Waals surface area (Å²) in [5.74, 6) is 0. The molecule has 0 fully saturated rings. The van der Waals surface area contributed by atoms with Crippen LogP contribution in [0.5, 0.6) is 0 Å². The Kier molecular flexibility index (Phi) is 6.22. The Morgan fingerprint density at radius 3 is 2.69 bits per heavy atom. The van der Waals surface area contributed by atoms with Crippen molar-refractivity contribution in [3.63, 3.8) is 0 Å². The summed E-state index contributed by atoms with van der Waals surface area (Å²) in [6.45, 7) is 2.37. The molecule has 0 bridgehead atoms. The Morgan fingerprint density at radius 1 is 1.69 bits per heavy atom. The first-order valence-corrected chi connectivity index (χ1v) is 4.47. The molecular formula is C8H17FN2O2. The second-order valence-electron chi connectivity index (χ2n) is 2.84. The molecule has 0 spiro atoms. The number of hydrogen-bond acceptors (Lipinski definition) is 2. The highest BCUT2D eigenvalue weighted by molar-refractivity contribution is 5.65. The van der Waals surface area contributed by atoms with Gasteiger partial charge < -0.3 is 10.8 Å². The van der Waals surface area contributed by atoms with Crippen LogP contribution in [0.25, 0.3) is 0 Å². The van der Waals surface area contributed by atoms with E-state index in [0.29, 0.717) is 19.4 Å². The van der Waals surface area contributed by atoms with Gasteiger partial charge in [-0.2, -0.15) is 0 Å². The highest BCUT2D eigenvalue weighted by atomic mass is 19.1. The van der Waals surface area contributed by atoms with Crippen LogP contribution < -0.4 is 5.73 Å². The van der Waals surface area contributed by atoms with Crippen molar-refractivity contribution < 1.29 is 14.3 Å². The predicted octanol–water partition coefficient (Wildman–Crippen LogP) is 1.41. The maximum Gasteiger partial charge on any atom is 0.409 e. The van der Waals surface area contributed by atoms with Gasteiger partial charge in [0, 0.05) is 6.54 Å². The summed E-state index contributed by atoms with van der Waals surface area (Å²) in [5, 5.41) is 8.64. The summed E-state index contributed by atoms with van der Waals surface area (Å²) in [4.78, 5) is 11.4. The van der Waals surface area contributed by atoms with Crippen molar-refractivity contribution in [3.8, 4) is 0 Å². The van der Waals surface area contributed by atoms with Crippen molar-refractivity contribution in [2.24, 2.45) is 5.73 Å². The van der Waals surface area contributed by atoms with Crippen molar-refractivity contribution in [3.05, 3.63) is 0 Å². The van der Waals surface area contributed by atoms with Crippen LogP contribution in [0, 0.1) is 0 Å². The van der Waals surface area contributed by atoms with Crippen LogP contribution in [0.1, 0.15) is 26.2 Å². The molecule has 3 N–H and O–H groups in total. The topological polar surface area (TPSA) is 66.6 Å². The van der Waals surface area contributed by atoms with Gasteiger partial charge in [-0.25, -0.2) is 9.18 Å². The third-order valence-corrected chi connectivity index (χ3v) is 1.71. The molecule has 1 amide bonds. The minimum atomic E-state index is -1.39. The average molecular weight is 192 g/mol. The van der Waals surface area contributed by atoms with E-state index in [9.17, 15) is 9.18 Å². The van der Waals surface area contributed by atoms with Crippen LogP contribution in [-0.2, 0) is 0 Å². The zero-order valence-corrected chi connectivity index (χ0v) is 7.87. The lowest BCUT2D eigenvalue weighted by Gasteiger charge is -2.22. The molecule has 0 aromatic heterocycles. The Labute approximate surface area is 77.5 Å². The van der Waals surface area contributed by atoms with E-state index < -0.39 is 12.4 Å². The number of amides is 1. The Morgan fingerprint density at radius 2 is 2.31 bits per heavy atom. The number of rotatable bonds is 6. The Hall–Kier alpha value is -0.840. The van der Waals surface area contributed by atoms with E-state index in [1.165, 1.54) is 0 Å². The fourth-order valence-corrected chi connectivity index (χ4v) is 1.01. The molecule has 0 saturated heterocycles. The van der Waals surface area contributed by atoms with E-state index in [4.69, 9.17) is 10.8 Å². The van der Waals surface area contributed by atoms with Gasteiger partial charge in [0.05, 0.1) is 0 Å². The van der Waals surface area contributed by atoms with Crippen LogP contribution in [0.4, 0.5) is 9.18 Å². The lowest BCUT2D eigenvalue weighted by Crippen LogP contribution is -2.38. The quantitative estimate of drug-likeness (QED) is 0.625. The number of carbonyl (C=O) groups is 1. The summed E-state index contributed by atoms with van der Waals surface area (Å²) in [7, 11) is 0. The second-order valence-corrected chi connectivity index (χ2v) is 2.84. The third-order valence-electron chi connectivity index (χ3n) is 1.71. The highest BCUT2D eigenvalue weighted by Crippen LogP contribution is 2.09. The summed E-state index contributed by atoms with van der Waals surface area (Å²) in [5.41, 5.74) is 5.21. The Balaban J connectivity index is 3.99. The molecule has 4 nitrogen and oxygen atoms in total. The summed E-state index contributed by atoms with van der Waals surface area (Å²) < 4.78 is 13.1. The van der Waals surface area contributed by atoms with Gasteiger partial charge in [-0.1, -0.05) is 13.3 Å². The molecule has 0 aromatic carbocycles. The Bertz CT molecular complexity index is 155. The van der Waals surface area contributed by atoms with Crippen molar-refractivity contribution in [2.75, 3.05) is 13.1 Å². The summed E-state index contributed by atoms with van der Waals surface area (Å²) in [6.07, 6.45) is -1.23. The lowest BCUT2D eigenvalue weighted by molar-refractivity contribution is 0.0662. The van der Waals surface area contributed by atoms with E-state index in [1.807, 2.05) is 6.92 Å². The summed E-state index contributed by atoms with van der Waals surface area (Å²) in [6, 6.07) is 0. The number of carboxylic acid groups (broad SMARTS) is 1. The minimum Gasteiger partial charge on any atom is -0.465 e. The van der Waals surface area contributed by atoms with Crippen LogP contribution in [0.2, 0.25) is 0 Å². The molecule has 0 radical (unpaired) electrons. The van der Waals surface area contributed by atoms with Crippen molar-refractivity contribution in [2.45, 2.75) is 32.5 Å². The molecule has 0 saturated carbocycles. The molecule has 1 atom stereocenters. The van der Waals surface area contributed by atoms with Gasteiger partial charge in [-0.3, -0.25) is 4.90 Å². The predicted molar refractivity (Wildman–Crippen MR) is 48.2 cm³/mol. The molecule has 13 heavy (non-hydrogen) atoms. The molecule has 0 aliphatic rings. The normalized spacial score (nSPS) is 12.5. The fourth-order valence-electron chi connectivity index (χ4n) is 1.01. The zero-order chi connectivity index (χ0) is 10.3. The standard InChI is InChI=1S/C8H17FN2O2/c1-2-4-7(9)11(8(12)13)6-3-5-10/h7H,2-6,10H2,1H3,(H,12,13). The molecule has 0 aliphatic carbocycles. The molecule has 0 rings (SSSR count). The van der Waals surface area contributed by atoms with Crippen molar-refractivity contribution in [1.29, 1.82) is 0 Å². The van der Waals surface area contributed by atoms with Crippen LogP contribution >= 0.6 is 0 Å². The van der Waals surface area contributed by atoms with Gasteiger partial charge in [-0.15, -0.1) is 0 Å². The number of alkyl halides is 1. The van der Waals surface area contributed by atoms with Gasteiger partial charge >= 0.3 is 6.09 Å². The third kappa shape index (κ3) is 4.67.